The van der Waals surface area contributed by atoms with Gasteiger partial charge in [-0.15, -0.1) is 10.2 Å². The van der Waals surface area contributed by atoms with Gasteiger partial charge in [-0.3, -0.25) is 4.79 Å². The molecule has 1 saturated carbocycles. The number of aromatic nitrogens is 2. The van der Waals surface area contributed by atoms with Gasteiger partial charge < -0.3 is 10.6 Å². The molecule has 0 radical (unpaired) electrons. The van der Waals surface area contributed by atoms with Gasteiger partial charge in [-0.2, -0.15) is 0 Å². The number of aryl methyl sites for hydroxylation is 1. The van der Waals surface area contributed by atoms with E-state index in [1.54, 1.807) is 0 Å². The highest BCUT2D eigenvalue weighted by molar-refractivity contribution is 8.01. The first-order chi connectivity index (χ1) is 12.2. The van der Waals surface area contributed by atoms with Crippen LogP contribution < -0.4 is 10.6 Å². The van der Waals surface area contributed by atoms with Crippen molar-refractivity contribution in [3.8, 4) is 0 Å². The van der Waals surface area contributed by atoms with Crippen LogP contribution in [0, 0.1) is 0 Å². The van der Waals surface area contributed by atoms with E-state index in [4.69, 9.17) is 0 Å². The van der Waals surface area contributed by atoms with Crippen molar-refractivity contribution in [3.63, 3.8) is 0 Å². The highest BCUT2D eigenvalue weighted by atomic mass is 32.2. The van der Waals surface area contributed by atoms with E-state index < -0.39 is 0 Å². The van der Waals surface area contributed by atoms with Gasteiger partial charge in [0.1, 0.15) is 0 Å². The molecule has 0 atom stereocenters. The van der Waals surface area contributed by atoms with E-state index in [1.807, 2.05) is 18.2 Å². The summed E-state index contributed by atoms with van der Waals surface area (Å²) in [6.45, 7) is 2.10. The number of benzene rings is 1. The minimum atomic E-state index is -0.0183. The molecule has 1 fully saturated rings. The minimum absolute atomic E-state index is 0.0183. The van der Waals surface area contributed by atoms with Crippen molar-refractivity contribution in [2.75, 3.05) is 16.4 Å². The van der Waals surface area contributed by atoms with Crippen molar-refractivity contribution < 1.29 is 4.79 Å². The van der Waals surface area contributed by atoms with Gasteiger partial charge in [0.15, 0.2) is 4.34 Å². The second kappa shape index (κ2) is 9.20. The number of amides is 1. The van der Waals surface area contributed by atoms with Gasteiger partial charge in [0.25, 0.3) is 0 Å². The average Bonchev–Trinajstić information content (AvgIpc) is 3.08. The average molecular weight is 377 g/mol. The van der Waals surface area contributed by atoms with Crippen molar-refractivity contribution in [1.82, 2.24) is 10.2 Å². The van der Waals surface area contributed by atoms with E-state index >= 15 is 0 Å². The van der Waals surface area contributed by atoms with Crippen LogP contribution in [-0.2, 0) is 11.2 Å². The fourth-order valence-electron chi connectivity index (χ4n) is 2.94. The molecular weight excluding hydrogens is 352 g/mol. The molecule has 0 aliphatic heterocycles. The summed E-state index contributed by atoms with van der Waals surface area (Å²) in [7, 11) is 0. The number of nitrogens with zero attached hydrogens (tertiary/aromatic N) is 2. The molecule has 0 bridgehead atoms. The number of anilines is 2. The summed E-state index contributed by atoms with van der Waals surface area (Å²) < 4.78 is 0.829. The third-order valence-electron chi connectivity index (χ3n) is 4.28. The molecule has 134 valence electrons. The quantitative estimate of drug-likeness (QED) is 0.693. The summed E-state index contributed by atoms with van der Waals surface area (Å²) in [5.74, 6) is 0.323. The van der Waals surface area contributed by atoms with E-state index in [9.17, 15) is 4.79 Å². The van der Waals surface area contributed by atoms with Crippen molar-refractivity contribution in [2.24, 2.45) is 0 Å². The fraction of sp³-hybridized carbons (Fsp3) is 0.500. The summed E-state index contributed by atoms with van der Waals surface area (Å²) in [6, 6.07) is 8.48. The molecule has 1 aliphatic carbocycles. The zero-order valence-electron chi connectivity index (χ0n) is 14.5. The number of hydrogen-bond acceptors (Lipinski definition) is 6. The Hall–Kier alpha value is -1.60. The van der Waals surface area contributed by atoms with Gasteiger partial charge in [0, 0.05) is 11.7 Å². The Morgan fingerprint density at radius 1 is 1.28 bits per heavy atom. The van der Waals surface area contributed by atoms with Crippen molar-refractivity contribution in [2.45, 2.75) is 55.8 Å². The number of hydrogen-bond donors (Lipinski definition) is 2. The lowest BCUT2D eigenvalue weighted by atomic mass is 9.96. The van der Waals surface area contributed by atoms with Crippen LogP contribution in [-0.4, -0.2) is 27.9 Å². The molecule has 5 nitrogen and oxygen atoms in total. The van der Waals surface area contributed by atoms with Crippen LogP contribution in [0.5, 0.6) is 0 Å². The van der Waals surface area contributed by atoms with E-state index in [0.29, 0.717) is 11.8 Å². The summed E-state index contributed by atoms with van der Waals surface area (Å²) in [6.07, 6.45) is 7.29. The van der Waals surface area contributed by atoms with E-state index in [2.05, 4.69) is 33.8 Å². The predicted octanol–water partition coefficient (Wildman–Crippen LogP) is 4.58. The van der Waals surface area contributed by atoms with Crippen molar-refractivity contribution in [1.29, 1.82) is 0 Å². The van der Waals surface area contributed by atoms with Crippen LogP contribution in [0.2, 0.25) is 0 Å². The molecule has 1 heterocycles. The van der Waals surface area contributed by atoms with E-state index in [-0.39, 0.29) is 5.91 Å². The monoisotopic (exact) mass is 376 g/mol. The molecule has 1 amide bonds. The molecule has 2 N–H and O–H groups in total. The Morgan fingerprint density at radius 3 is 2.92 bits per heavy atom. The Morgan fingerprint density at radius 2 is 2.12 bits per heavy atom. The first kappa shape index (κ1) is 18.2. The number of thioether (sulfide) groups is 1. The molecule has 0 saturated heterocycles. The van der Waals surface area contributed by atoms with E-state index in [1.165, 1.54) is 60.8 Å². The molecular formula is C18H24N4OS2. The first-order valence-corrected chi connectivity index (χ1v) is 10.6. The normalized spacial score (nSPS) is 15.1. The van der Waals surface area contributed by atoms with Gasteiger partial charge in [-0.25, -0.2) is 0 Å². The molecule has 7 heteroatoms. The van der Waals surface area contributed by atoms with Gasteiger partial charge in [0.2, 0.25) is 11.0 Å². The van der Waals surface area contributed by atoms with Gasteiger partial charge in [-0.1, -0.05) is 61.4 Å². The van der Waals surface area contributed by atoms with Crippen molar-refractivity contribution >= 4 is 39.8 Å². The number of carbonyl (C=O) groups is 1. The Balaban J connectivity index is 1.45. The van der Waals surface area contributed by atoms with Crippen LogP contribution >= 0.6 is 23.1 Å². The highest BCUT2D eigenvalue weighted by Gasteiger charge is 2.15. The third kappa shape index (κ3) is 5.71. The molecule has 1 aliphatic rings. The standard InChI is InChI=1S/C18H24N4OS2/c1-2-13-7-6-10-15(11-13)19-16(23)12-24-18-22-21-17(25-18)20-14-8-4-3-5-9-14/h6-7,10-11,14H,2-5,8-9,12H2,1H3,(H,19,23)(H,20,21). The maximum Gasteiger partial charge on any atom is 0.234 e. The minimum Gasteiger partial charge on any atom is -0.357 e. The molecule has 25 heavy (non-hydrogen) atoms. The molecule has 0 unspecified atom stereocenters. The summed E-state index contributed by atoms with van der Waals surface area (Å²) >= 11 is 2.96. The number of nitrogens with one attached hydrogen (secondary N) is 2. The summed E-state index contributed by atoms with van der Waals surface area (Å²) in [5, 5.41) is 15.7. The second-order valence-electron chi connectivity index (χ2n) is 6.24. The molecule has 1 aromatic heterocycles. The lowest BCUT2D eigenvalue weighted by Gasteiger charge is -2.21. The van der Waals surface area contributed by atoms with Crippen LogP contribution in [0.3, 0.4) is 0 Å². The van der Waals surface area contributed by atoms with Crippen LogP contribution in [0.15, 0.2) is 28.6 Å². The predicted molar refractivity (Wildman–Crippen MR) is 106 cm³/mol. The van der Waals surface area contributed by atoms with Gasteiger partial charge in [0.05, 0.1) is 5.75 Å². The van der Waals surface area contributed by atoms with Crippen LogP contribution in [0.4, 0.5) is 10.8 Å². The largest absolute Gasteiger partial charge is 0.357 e. The zero-order valence-corrected chi connectivity index (χ0v) is 16.1. The maximum absolute atomic E-state index is 12.1. The maximum atomic E-state index is 12.1. The topological polar surface area (TPSA) is 66.9 Å². The molecule has 1 aromatic carbocycles. The Labute approximate surface area is 157 Å². The lowest BCUT2D eigenvalue weighted by molar-refractivity contribution is -0.113. The van der Waals surface area contributed by atoms with Crippen molar-refractivity contribution in [3.05, 3.63) is 29.8 Å². The van der Waals surface area contributed by atoms with Crippen LogP contribution in [0.25, 0.3) is 0 Å². The Bertz CT molecular complexity index is 698. The Kier molecular flexibility index (Phi) is 6.69. The third-order valence-corrected chi connectivity index (χ3v) is 6.27. The highest BCUT2D eigenvalue weighted by Crippen LogP contribution is 2.28. The zero-order chi connectivity index (χ0) is 17.5. The molecule has 3 rings (SSSR count). The smallest absolute Gasteiger partial charge is 0.234 e. The molecule has 2 aromatic rings. The fourth-order valence-corrected chi connectivity index (χ4v) is 4.57. The number of rotatable bonds is 7. The molecule has 0 spiro atoms. The van der Waals surface area contributed by atoms with Gasteiger partial charge in [-0.05, 0) is 37.0 Å². The second-order valence-corrected chi connectivity index (χ2v) is 8.44. The van der Waals surface area contributed by atoms with Crippen LogP contribution in [0.1, 0.15) is 44.6 Å². The first-order valence-electron chi connectivity index (χ1n) is 8.84. The lowest BCUT2D eigenvalue weighted by Crippen LogP contribution is -2.21. The number of carbonyl (C=O) groups excluding carboxylic acids is 1. The van der Waals surface area contributed by atoms with E-state index in [0.717, 1.165) is 21.6 Å². The van der Waals surface area contributed by atoms with Gasteiger partial charge >= 0.3 is 0 Å². The summed E-state index contributed by atoms with van der Waals surface area (Å²) in [5.41, 5.74) is 2.06. The SMILES string of the molecule is CCc1cccc(NC(=O)CSc2nnc(NC3CCCCC3)s2)c1. The summed E-state index contributed by atoms with van der Waals surface area (Å²) in [4.78, 5) is 12.1.